The van der Waals surface area contributed by atoms with E-state index in [1.165, 1.54) is 11.1 Å². The lowest BCUT2D eigenvalue weighted by Crippen LogP contribution is -2.51. The molecule has 25 heavy (non-hydrogen) atoms. The normalized spacial score (nSPS) is 16.5. The molecule has 2 aromatic carbocycles. The third-order valence-corrected chi connectivity index (χ3v) is 4.61. The molecule has 1 heterocycles. The first kappa shape index (κ1) is 17.5. The standard InChI is InChI=1S/C21H26N2O2/c1-17-8-10-20(11-9-17)25-18(2)21(24)23-14-12-22(13-15-23)16-19-6-4-3-5-7-19/h3-11,18H,12-16H2,1-2H3/t18-/m1/s1. The third-order valence-electron chi connectivity index (χ3n) is 4.61. The van der Waals surface area contributed by atoms with E-state index in [9.17, 15) is 4.79 Å². The quantitative estimate of drug-likeness (QED) is 0.840. The molecule has 0 radical (unpaired) electrons. The van der Waals surface area contributed by atoms with E-state index in [-0.39, 0.29) is 5.91 Å². The number of piperazine rings is 1. The lowest BCUT2D eigenvalue weighted by molar-refractivity contribution is -0.139. The maximum absolute atomic E-state index is 12.6. The van der Waals surface area contributed by atoms with Crippen molar-refractivity contribution in [1.82, 2.24) is 9.80 Å². The number of aryl methyl sites for hydroxylation is 1. The van der Waals surface area contributed by atoms with Crippen LogP contribution >= 0.6 is 0 Å². The van der Waals surface area contributed by atoms with Crippen LogP contribution in [0.2, 0.25) is 0 Å². The van der Waals surface area contributed by atoms with E-state index in [0.717, 1.165) is 38.5 Å². The van der Waals surface area contributed by atoms with Gasteiger partial charge in [0.25, 0.3) is 5.91 Å². The van der Waals surface area contributed by atoms with Gasteiger partial charge < -0.3 is 9.64 Å². The average molecular weight is 338 g/mol. The maximum Gasteiger partial charge on any atom is 0.263 e. The third kappa shape index (κ3) is 4.83. The number of amides is 1. The van der Waals surface area contributed by atoms with E-state index in [0.29, 0.717) is 0 Å². The van der Waals surface area contributed by atoms with Crippen molar-refractivity contribution in [3.63, 3.8) is 0 Å². The van der Waals surface area contributed by atoms with Gasteiger partial charge in [-0.25, -0.2) is 0 Å². The molecule has 1 aliphatic rings. The molecule has 0 aliphatic carbocycles. The SMILES string of the molecule is Cc1ccc(O[C@H](C)C(=O)N2CCN(Cc3ccccc3)CC2)cc1. The zero-order chi connectivity index (χ0) is 17.6. The summed E-state index contributed by atoms with van der Waals surface area (Å²) in [6.45, 7) is 8.13. The molecule has 0 N–H and O–H groups in total. The summed E-state index contributed by atoms with van der Waals surface area (Å²) in [6.07, 6.45) is -0.455. The van der Waals surface area contributed by atoms with Crippen molar-refractivity contribution in [3.05, 3.63) is 65.7 Å². The molecule has 1 aliphatic heterocycles. The van der Waals surface area contributed by atoms with Crippen LogP contribution in [0.4, 0.5) is 0 Å². The number of carbonyl (C=O) groups is 1. The molecule has 3 rings (SSSR count). The summed E-state index contributed by atoms with van der Waals surface area (Å²) in [5.74, 6) is 0.814. The molecular weight excluding hydrogens is 312 g/mol. The highest BCUT2D eigenvalue weighted by Gasteiger charge is 2.26. The fourth-order valence-electron chi connectivity index (χ4n) is 3.10. The molecule has 1 fully saturated rings. The fraction of sp³-hybridized carbons (Fsp3) is 0.381. The number of rotatable bonds is 5. The topological polar surface area (TPSA) is 32.8 Å². The molecule has 132 valence electrons. The number of hydrogen-bond acceptors (Lipinski definition) is 3. The minimum absolute atomic E-state index is 0.0694. The second-order valence-corrected chi connectivity index (χ2v) is 6.66. The Morgan fingerprint density at radius 1 is 1.00 bits per heavy atom. The first-order chi connectivity index (χ1) is 12.1. The number of nitrogens with zero attached hydrogens (tertiary/aromatic N) is 2. The summed E-state index contributed by atoms with van der Waals surface area (Å²) >= 11 is 0. The smallest absolute Gasteiger partial charge is 0.263 e. The zero-order valence-corrected chi connectivity index (χ0v) is 15.0. The first-order valence-electron chi connectivity index (χ1n) is 8.90. The first-order valence-corrected chi connectivity index (χ1v) is 8.90. The summed E-state index contributed by atoms with van der Waals surface area (Å²) in [5.41, 5.74) is 2.50. The van der Waals surface area contributed by atoms with Crippen LogP contribution in [0, 0.1) is 6.92 Å². The van der Waals surface area contributed by atoms with Crippen molar-refractivity contribution in [2.75, 3.05) is 26.2 Å². The average Bonchev–Trinajstić information content (AvgIpc) is 2.64. The van der Waals surface area contributed by atoms with Crippen molar-refractivity contribution >= 4 is 5.91 Å². The Kier molecular flexibility index (Phi) is 5.71. The van der Waals surface area contributed by atoms with Crippen molar-refractivity contribution < 1.29 is 9.53 Å². The Morgan fingerprint density at radius 2 is 1.64 bits per heavy atom. The summed E-state index contributed by atoms with van der Waals surface area (Å²) < 4.78 is 5.80. The van der Waals surface area contributed by atoms with Crippen LogP contribution < -0.4 is 4.74 Å². The molecule has 0 bridgehead atoms. The van der Waals surface area contributed by atoms with E-state index in [2.05, 4.69) is 29.2 Å². The van der Waals surface area contributed by atoms with Crippen LogP contribution in [0.5, 0.6) is 5.75 Å². The van der Waals surface area contributed by atoms with Crippen LogP contribution in [-0.2, 0) is 11.3 Å². The molecule has 1 amide bonds. The molecule has 4 heteroatoms. The monoisotopic (exact) mass is 338 g/mol. The van der Waals surface area contributed by atoms with Gasteiger partial charge in [0.2, 0.25) is 0 Å². The van der Waals surface area contributed by atoms with Crippen LogP contribution in [0.15, 0.2) is 54.6 Å². The highest BCUT2D eigenvalue weighted by molar-refractivity contribution is 5.81. The summed E-state index contributed by atoms with van der Waals surface area (Å²) in [4.78, 5) is 16.9. The zero-order valence-electron chi connectivity index (χ0n) is 15.0. The summed E-state index contributed by atoms with van der Waals surface area (Å²) in [5, 5.41) is 0. The Bertz CT molecular complexity index is 677. The van der Waals surface area contributed by atoms with Crippen LogP contribution in [-0.4, -0.2) is 48.0 Å². The van der Waals surface area contributed by atoms with Gasteiger partial charge in [-0.1, -0.05) is 48.0 Å². The number of carbonyl (C=O) groups excluding carboxylic acids is 1. The van der Waals surface area contributed by atoms with Gasteiger partial charge in [0.1, 0.15) is 5.75 Å². The van der Waals surface area contributed by atoms with Crippen molar-refractivity contribution in [3.8, 4) is 5.75 Å². The fourth-order valence-corrected chi connectivity index (χ4v) is 3.10. The highest BCUT2D eigenvalue weighted by atomic mass is 16.5. The van der Waals surface area contributed by atoms with Crippen LogP contribution in [0.25, 0.3) is 0 Å². The number of benzene rings is 2. The van der Waals surface area contributed by atoms with E-state index < -0.39 is 6.10 Å². The molecule has 0 spiro atoms. The Balaban J connectivity index is 1.48. The minimum Gasteiger partial charge on any atom is -0.481 e. The number of ether oxygens (including phenoxy) is 1. The predicted molar refractivity (Wildman–Crippen MR) is 99.6 cm³/mol. The molecule has 1 atom stereocenters. The van der Waals surface area contributed by atoms with Gasteiger partial charge in [-0.05, 0) is 31.5 Å². The summed E-state index contributed by atoms with van der Waals surface area (Å²) in [7, 11) is 0. The maximum atomic E-state index is 12.6. The van der Waals surface area contributed by atoms with Crippen LogP contribution in [0.3, 0.4) is 0 Å². The van der Waals surface area contributed by atoms with E-state index in [4.69, 9.17) is 4.74 Å². The second kappa shape index (κ2) is 8.17. The van der Waals surface area contributed by atoms with Gasteiger partial charge in [-0.2, -0.15) is 0 Å². The lowest BCUT2D eigenvalue weighted by Gasteiger charge is -2.35. The van der Waals surface area contributed by atoms with Crippen molar-refractivity contribution in [2.45, 2.75) is 26.5 Å². The van der Waals surface area contributed by atoms with Crippen molar-refractivity contribution in [2.24, 2.45) is 0 Å². The van der Waals surface area contributed by atoms with E-state index in [1.807, 2.05) is 49.1 Å². The predicted octanol–water partition coefficient (Wildman–Crippen LogP) is 3.11. The molecule has 0 aromatic heterocycles. The molecule has 2 aromatic rings. The second-order valence-electron chi connectivity index (χ2n) is 6.66. The van der Waals surface area contributed by atoms with E-state index >= 15 is 0 Å². The van der Waals surface area contributed by atoms with Gasteiger partial charge >= 0.3 is 0 Å². The molecule has 4 nitrogen and oxygen atoms in total. The van der Waals surface area contributed by atoms with Gasteiger partial charge in [-0.3, -0.25) is 9.69 Å². The van der Waals surface area contributed by atoms with Crippen LogP contribution in [0.1, 0.15) is 18.1 Å². The Hall–Kier alpha value is -2.33. The van der Waals surface area contributed by atoms with E-state index in [1.54, 1.807) is 0 Å². The Morgan fingerprint density at radius 3 is 2.28 bits per heavy atom. The largest absolute Gasteiger partial charge is 0.481 e. The molecule has 0 unspecified atom stereocenters. The highest BCUT2D eigenvalue weighted by Crippen LogP contribution is 2.15. The van der Waals surface area contributed by atoms with Gasteiger partial charge in [0.15, 0.2) is 6.10 Å². The molecule has 1 saturated heterocycles. The number of hydrogen-bond donors (Lipinski definition) is 0. The van der Waals surface area contributed by atoms with Gasteiger partial charge in [0, 0.05) is 32.7 Å². The minimum atomic E-state index is -0.455. The molecular formula is C21H26N2O2. The van der Waals surface area contributed by atoms with Crippen molar-refractivity contribution in [1.29, 1.82) is 0 Å². The Labute approximate surface area is 150 Å². The molecule has 0 saturated carbocycles. The van der Waals surface area contributed by atoms with Gasteiger partial charge in [0.05, 0.1) is 0 Å². The summed E-state index contributed by atoms with van der Waals surface area (Å²) in [6, 6.07) is 18.3. The van der Waals surface area contributed by atoms with Gasteiger partial charge in [-0.15, -0.1) is 0 Å². The lowest BCUT2D eigenvalue weighted by atomic mass is 10.2.